The lowest BCUT2D eigenvalue weighted by atomic mass is 10.1. The molecule has 178 valence electrons. The molecule has 5 rings (SSSR count). The molecule has 0 radical (unpaired) electrons. The van der Waals surface area contributed by atoms with Gasteiger partial charge in [-0.1, -0.05) is 35.9 Å². The third-order valence-electron chi connectivity index (χ3n) is 6.25. The van der Waals surface area contributed by atoms with Crippen LogP contribution in [-0.4, -0.2) is 38.3 Å². The molecule has 0 unspecified atom stereocenters. The molecule has 0 aliphatic carbocycles. The minimum atomic E-state index is -0.290. The predicted octanol–water partition coefficient (Wildman–Crippen LogP) is 3.24. The van der Waals surface area contributed by atoms with Gasteiger partial charge in [-0.05, 0) is 31.2 Å². The summed E-state index contributed by atoms with van der Waals surface area (Å²) >= 11 is 6.09. The fraction of sp³-hybridized carbons (Fsp3) is 0.280. The summed E-state index contributed by atoms with van der Waals surface area (Å²) in [5, 5.41) is 12.6. The predicted molar refractivity (Wildman–Crippen MR) is 138 cm³/mol. The van der Waals surface area contributed by atoms with Crippen molar-refractivity contribution < 1.29 is 0 Å². The first kappa shape index (κ1) is 22.9. The fourth-order valence-electron chi connectivity index (χ4n) is 4.65. The second-order valence-corrected chi connectivity index (χ2v) is 9.30. The summed E-state index contributed by atoms with van der Waals surface area (Å²) in [5.74, 6) is 0.567. The van der Waals surface area contributed by atoms with Crippen LogP contribution in [-0.2, 0) is 6.54 Å². The number of nitriles is 1. The highest BCUT2D eigenvalue weighted by molar-refractivity contribution is 6.29. The van der Waals surface area contributed by atoms with Crippen LogP contribution < -0.4 is 21.6 Å². The van der Waals surface area contributed by atoms with E-state index in [0.717, 1.165) is 35.9 Å². The topological polar surface area (TPSA) is 118 Å². The van der Waals surface area contributed by atoms with Gasteiger partial charge >= 0.3 is 0 Å². The molecule has 4 heterocycles. The maximum Gasteiger partial charge on any atom is 0.280 e. The van der Waals surface area contributed by atoms with Crippen LogP contribution in [0.2, 0.25) is 0 Å². The van der Waals surface area contributed by atoms with Crippen molar-refractivity contribution in [1.82, 2.24) is 19.2 Å². The highest BCUT2D eigenvalue weighted by Gasteiger charge is 2.28. The fourth-order valence-corrected chi connectivity index (χ4v) is 4.70. The zero-order chi connectivity index (χ0) is 24.5. The van der Waals surface area contributed by atoms with E-state index in [1.54, 1.807) is 24.0 Å². The van der Waals surface area contributed by atoms with Crippen molar-refractivity contribution in [2.45, 2.75) is 32.4 Å². The largest absolute Gasteiger partial charge is 0.354 e. The van der Waals surface area contributed by atoms with Crippen LogP contribution in [0.1, 0.15) is 31.0 Å². The van der Waals surface area contributed by atoms with Crippen LogP contribution in [0.15, 0.2) is 58.9 Å². The number of benzene rings is 1. The van der Waals surface area contributed by atoms with Crippen molar-refractivity contribution in [1.29, 1.82) is 5.26 Å². The molecule has 3 N–H and O–H groups in total. The number of nitrogens with two attached hydrogens (primary N) is 1. The van der Waals surface area contributed by atoms with Crippen molar-refractivity contribution in [3.05, 3.63) is 75.7 Å². The molecule has 1 aliphatic rings. The molecule has 0 spiro atoms. The van der Waals surface area contributed by atoms with Crippen LogP contribution >= 0.6 is 11.6 Å². The molecule has 1 saturated heterocycles. The number of hydrogen-bond donors (Lipinski definition) is 2. The van der Waals surface area contributed by atoms with Crippen molar-refractivity contribution in [3.63, 3.8) is 0 Å². The van der Waals surface area contributed by atoms with Crippen LogP contribution in [0.5, 0.6) is 0 Å². The Labute approximate surface area is 207 Å². The lowest BCUT2D eigenvalue weighted by Gasteiger charge is -2.33. The highest BCUT2D eigenvalue weighted by atomic mass is 35.5. The second kappa shape index (κ2) is 9.41. The monoisotopic (exact) mass is 488 g/mol. The zero-order valence-electron chi connectivity index (χ0n) is 19.3. The van der Waals surface area contributed by atoms with Gasteiger partial charge in [-0.25, -0.2) is 9.66 Å². The van der Waals surface area contributed by atoms with E-state index in [9.17, 15) is 10.1 Å². The molecule has 1 aliphatic heterocycles. The van der Waals surface area contributed by atoms with E-state index in [1.807, 2.05) is 35.2 Å². The lowest BCUT2D eigenvalue weighted by molar-refractivity contribution is 0.500. The molecule has 0 saturated carbocycles. The molecular formula is C25H25ClN8O. The van der Waals surface area contributed by atoms with Gasteiger partial charge in [0.2, 0.25) is 0 Å². The second-order valence-electron chi connectivity index (χ2n) is 8.71. The maximum absolute atomic E-state index is 13.8. The Morgan fingerprint density at radius 3 is 2.94 bits per heavy atom. The van der Waals surface area contributed by atoms with E-state index in [2.05, 4.69) is 21.5 Å². The van der Waals surface area contributed by atoms with Crippen LogP contribution in [0.4, 0.5) is 5.82 Å². The van der Waals surface area contributed by atoms with Gasteiger partial charge in [-0.15, -0.1) is 0 Å². The van der Waals surface area contributed by atoms with E-state index >= 15 is 0 Å². The summed E-state index contributed by atoms with van der Waals surface area (Å²) in [6.45, 7) is 3.26. The summed E-state index contributed by atoms with van der Waals surface area (Å²) in [5.41, 5.74) is 10.7. The Kier molecular flexibility index (Phi) is 6.16. The number of piperidine rings is 1. The van der Waals surface area contributed by atoms with E-state index < -0.39 is 0 Å². The number of pyridine rings is 1. The lowest BCUT2D eigenvalue weighted by Crippen LogP contribution is -2.44. The number of hydrogen-bond acceptors (Lipinski definition) is 7. The first-order chi connectivity index (χ1) is 17.0. The standard InChI is InChI=1S/C25H25ClN8O/c1-16(26)12-31-34-23-22(20(11-27)24(34)32-10-4-6-18(28)13-32)30-15-33(25(23)35)14-21-19-7-3-2-5-17(19)8-9-29-21/h2-3,5,7-9,12,15,18,31H,4,6,10,13-14,28H2,1H3/b16-12-/t18-/m0/s1. The Hall–Kier alpha value is -3.87. The summed E-state index contributed by atoms with van der Waals surface area (Å²) in [7, 11) is 0. The molecule has 0 amide bonds. The molecule has 0 bridgehead atoms. The first-order valence-corrected chi connectivity index (χ1v) is 11.8. The summed E-state index contributed by atoms with van der Waals surface area (Å²) < 4.78 is 3.12. The number of rotatable bonds is 5. The van der Waals surface area contributed by atoms with Gasteiger partial charge in [-0.3, -0.25) is 19.8 Å². The SMILES string of the molecule is C/C(Cl)=C/Nn1c(N2CCC[C@H](N)C2)c(C#N)c2ncn(Cc3nccc4ccccc34)c(=O)c21. The molecule has 9 nitrogen and oxygen atoms in total. The highest BCUT2D eigenvalue weighted by Crippen LogP contribution is 2.31. The summed E-state index contributed by atoms with van der Waals surface area (Å²) in [6, 6.07) is 12.1. The van der Waals surface area contributed by atoms with Crippen molar-refractivity contribution >= 4 is 39.2 Å². The quantitative estimate of drug-likeness (QED) is 0.442. The van der Waals surface area contributed by atoms with Crippen molar-refractivity contribution in [2.75, 3.05) is 23.4 Å². The number of anilines is 1. The Balaban J connectivity index is 1.70. The Morgan fingerprint density at radius 1 is 1.34 bits per heavy atom. The van der Waals surface area contributed by atoms with E-state index in [1.165, 1.54) is 10.9 Å². The van der Waals surface area contributed by atoms with Crippen molar-refractivity contribution in [2.24, 2.45) is 5.73 Å². The molecule has 1 atom stereocenters. The minimum absolute atomic E-state index is 0.0193. The normalized spacial score (nSPS) is 16.6. The number of halogens is 1. The maximum atomic E-state index is 13.8. The molecule has 3 aromatic heterocycles. The van der Waals surface area contributed by atoms with Gasteiger partial charge in [0.25, 0.3) is 5.56 Å². The molecule has 4 aromatic rings. The van der Waals surface area contributed by atoms with E-state index in [0.29, 0.717) is 28.5 Å². The van der Waals surface area contributed by atoms with Crippen LogP contribution in [0, 0.1) is 11.3 Å². The van der Waals surface area contributed by atoms with Gasteiger partial charge in [0, 0.05) is 41.9 Å². The van der Waals surface area contributed by atoms with Gasteiger partial charge in [0.1, 0.15) is 23.0 Å². The first-order valence-electron chi connectivity index (χ1n) is 11.4. The molecular weight excluding hydrogens is 464 g/mol. The average molecular weight is 489 g/mol. The van der Waals surface area contributed by atoms with E-state index in [4.69, 9.17) is 17.3 Å². The minimum Gasteiger partial charge on any atom is -0.354 e. The third-order valence-corrected chi connectivity index (χ3v) is 6.36. The number of fused-ring (bicyclic) bond motifs is 2. The summed E-state index contributed by atoms with van der Waals surface area (Å²) in [6.07, 6.45) is 6.60. The number of aromatic nitrogens is 4. The number of allylic oxidation sites excluding steroid dienone is 1. The van der Waals surface area contributed by atoms with E-state index in [-0.39, 0.29) is 23.7 Å². The van der Waals surface area contributed by atoms with Crippen molar-refractivity contribution in [3.8, 4) is 6.07 Å². The molecule has 10 heteroatoms. The zero-order valence-corrected chi connectivity index (χ0v) is 20.0. The van der Waals surface area contributed by atoms with Crippen LogP contribution in [0.3, 0.4) is 0 Å². The smallest absolute Gasteiger partial charge is 0.280 e. The van der Waals surface area contributed by atoms with Gasteiger partial charge in [-0.2, -0.15) is 5.26 Å². The van der Waals surface area contributed by atoms with Gasteiger partial charge < -0.3 is 10.6 Å². The summed E-state index contributed by atoms with van der Waals surface area (Å²) in [4.78, 5) is 24.9. The average Bonchev–Trinajstić information content (AvgIpc) is 3.18. The molecule has 1 fully saturated rings. The van der Waals surface area contributed by atoms with Gasteiger partial charge in [0.15, 0.2) is 5.52 Å². The third kappa shape index (κ3) is 4.22. The Bertz CT molecular complexity index is 1540. The molecule has 35 heavy (non-hydrogen) atoms. The number of nitrogens with one attached hydrogen (secondary N) is 1. The number of nitrogens with zero attached hydrogens (tertiary/aromatic N) is 6. The molecule has 1 aromatic carbocycles. The van der Waals surface area contributed by atoms with Gasteiger partial charge in [0.05, 0.1) is 18.6 Å². The van der Waals surface area contributed by atoms with Crippen LogP contribution in [0.25, 0.3) is 21.8 Å². The Morgan fingerprint density at radius 2 is 2.17 bits per heavy atom.